The van der Waals surface area contributed by atoms with Crippen LogP contribution in [0.15, 0.2) is 24.4 Å². The third kappa shape index (κ3) is 3.48. The highest BCUT2D eigenvalue weighted by molar-refractivity contribution is 6.43. The lowest BCUT2D eigenvalue weighted by atomic mass is 9.86. The molecule has 4 rings (SSSR count). The van der Waals surface area contributed by atoms with Crippen LogP contribution >= 0.6 is 23.2 Å². The topological polar surface area (TPSA) is 81.1 Å². The zero-order chi connectivity index (χ0) is 19.3. The minimum atomic E-state index is -0.0999. The van der Waals surface area contributed by atoms with Gasteiger partial charge in [-0.05, 0) is 50.5 Å². The van der Waals surface area contributed by atoms with Crippen LogP contribution in [-0.2, 0) is 0 Å². The van der Waals surface area contributed by atoms with Gasteiger partial charge in [-0.15, -0.1) is 0 Å². The number of nitrogen functional groups attached to an aromatic ring is 1. The molecule has 0 bridgehead atoms. The average molecular weight is 406 g/mol. The van der Waals surface area contributed by atoms with Crippen LogP contribution in [0.25, 0.3) is 11.3 Å². The molecule has 0 spiro atoms. The molecule has 2 aromatic rings. The second-order valence-electron chi connectivity index (χ2n) is 8.48. The third-order valence-corrected chi connectivity index (χ3v) is 6.94. The smallest absolute Gasteiger partial charge is 0.152 e. The Bertz CT molecular complexity index is 850. The maximum atomic E-state index is 6.33. The standard InChI is InChI=1S/C20H25Cl2N5/c1-20(2,24)13-6-11-9-27(10-12(11)7-13)16-8-25-18(19(23)26-16)14-4-3-5-15(21)17(14)22/h3-5,8,11-13H,6-7,9-10,24H2,1-2H3,(H2,23,26)/t11-,12+,13?. The van der Waals surface area contributed by atoms with E-state index < -0.39 is 0 Å². The molecule has 27 heavy (non-hydrogen) atoms. The Morgan fingerprint density at radius 3 is 2.41 bits per heavy atom. The van der Waals surface area contributed by atoms with E-state index in [1.165, 1.54) is 12.8 Å². The van der Waals surface area contributed by atoms with Crippen LogP contribution in [0.2, 0.25) is 10.0 Å². The molecule has 1 aliphatic heterocycles. The van der Waals surface area contributed by atoms with Crippen LogP contribution in [0.5, 0.6) is 0 Å². The lowest BCUT2D eigenvalue weighted by Crippen LogP contribution is -2.40. The molecule has 4 N–H and O–H groups in total. The molecule has 1 saturated heterocycles. The van der Waals surface area contributed by atoms with Crippen molar-refractivity contribution >= 4 is 34.8 Å². The molecule has 2 heterocycles. The number of aromatic nitrogens is 2. The number of benzene rings is 1. The van der Waals surface area contributed by atoms with Gasteiger partial charge in [0.05, 0.1) is 16.2 Å². The van der Waals surface area contributed by atoms with E-state index in [1.807, 2.05) is 12.1 Å². The Morgan fingerprint density at radius 1 is 1.15 bits per heavy atom. The quantitative estimate of drug-likeness (QED) is 0.797. The van der Waals surface area contributed by atoms with Crippen LogP contribution < -0.4 is 16.4 Å². The van der Waals surface area contributed by atoms with Gasteiger partial charge in [-0.25, -0.2) is 9.97 Å². The van der Waals surface area contributed by atoms with Gasteiger partial charge in [0.25, 0.3) is 0 Å². The van der Waals surface area contributed by atoms with Crippen LogP contribution in [0.1, 0.15) is 26.7 Å². The van der Waals surface area contributed by atoms with Crippen molar-refractivity contribution in [2.45, 2.75) is 32.2 Å². The second kappa shape index (κ2) is 6.80. The summed E-state index contributed by atoms with van der Waals surface area (Å²) in [4.78, 5) is 11.5. The number of hydrogen-bond donors (Lipinski definition) is 2. The molecule has 5 nitrogen and oxygen atoms in total. The minimum Gasteiger partial charge on any atom is -0.382 e. The molecule has 1 aliphatic carbocycles. The summed E-state index contributed by atoms with van der Waals surface area (Å²) in [5.41, 5.74) is 13.7. The molecular weight excluding hydrogens is 381 g/mol. The van der Waals surface area contributed by atoms with Crippen LogP contribution in [-0.4, -0.2) is 28.6 Å². The van der Waals surface area contributed by atoms with E-state index in [-0.39, 0.29) is 5.54 Å². The molecule has 1 unspecified atom stereocenters. The number of halogens is 2. The first-order valence-electron chi connectivity index (χ1n) is 9.34. The van der Waals surface area contributed by atoms with Gasteiger partial charge in [-0.1, -0.05) is 35.3 Å². The van der Waals surface area contributed by atoms with Crippen molar-refractivity contribution < 1.29 is 0 Å². The van der Waals surface area contributed by atoms with Gasteiger partial charge >= 0.3 is 0 Å². The molecule has 1 aromatic carbocycles. The molecule has 7 heteroatoms. The van der Waals surface area contributed by atoms with E-state index in [0.29, 0.717) is 44.9 Å². The monoisotopic (exact) mass is 405 g/mol. The van der Waals surface area contributed by atoms with Gasteiger partial charge in [0.15, 0.2) is 5.82 Å². The molecule has 2 aliphatic rings. The summed E-state index contributed by atoms with van der Waals surface area (Å²) in [6, 6.07) is 5.42. The Balaban J connectivity index is 1.53. The number of fused-ring (bicyclic) bond motifs is 1. The number of nitrogens with two attached hydrogens (primary N) is 2. The van der Waals surface area contributed by atoms with Crippen LogP contribution in [0.4, 0.5) is 11.6 Å². The third-order valence-electron chi connectivity index (χ3n) is 6.12. The molecule has 0 radical (unpaired) electrons. The maximum Gasteiger partial charge on any atom is 0.152 e. The first kappa shape index (κ1) is 18.8. The summed E-state index contributed by atoms with van der Waals surface area (Å²) in [5.74, 6) is 3.13. The zero-order valence-electron chi connectivity index (χ0n) is 15.6. The Kier molecular flexibility index (Phi) is 4.73. The van der Waals surface area contributed by atoms with Gasteiger partial charge in [-0.3, -0.25) is 0 Å². The van der Waals surface area contributed by atoms with Crippen molar-refractivity contribution in [2.75, 3.05) is 23.7 Å². The lowest BCUT2D eigenvalue weighted by Gasteiger charge is -2.29. The molecule has 3 atom stereocenters. The molecule has 144 valence electrons. The zero-order valence-corrected chi connectivity index (χ0v) is 17.1. The summed E-state index contributed by atoms with van der Waals surface area (Å²) in [6.07, 6.45) is 4.15. The summed E-state index contributed by atoms with van der Waals surface area (Å²) in [6.45, 7) is 6.26. The van der Waals surface area contributed by atoms with Crippen molar-refractivity contribution in [1.29, 1.82) is 0 Å². The van der Waals surface area contributed by atoms with Crippen molar-refractivity contribution in [1.82, 2.24) is 9.97 Å². The van der Waals surface area contributed by atoms with E-state index in [2.05, 4.69) is 28.7 Å². The van der Waals surface area contributed by atoms with Crippen LogP contribution in [0.3, 0.4) is 0 Å². The SMILES string of the molecule is CC(C)(N)C1C[C@@H]2CN(c3cnc(-c4cccc(Cl)c4Cl)c(N)n3)C[C@@H]2C1. The molecular formula is C20H25Cl2N5. The average Bonchev–Trinajstić information content (AvgIpc) is 3.16. The second-order valence-corrected chi connectivity index (χ2v) is 9.26. The normalized spacial score (nSPS) is 25.1. The lowest BCUT2D eigenvalue weighted by molar-refractivity contribution is 0.312. The highest BCUT2D eigenvalue weighted by Crippen LogP contribution is 2.46. The summed E-state index contributed by atoms with van der Waals surface area (Å²) in [5, 5.41) is 0.920. The molecule has 0 amide bonds. The van der Waals surface area contributed by atoms with Gasteiger partial charge in [0, 0.05) is 24.2 Å². The fraction of sp³-hybridized carbons (Fsp3) is 0.500. The van der Waals surface area contributed by atoms with Crippen molar-refractivity contribution in [3.8, 4) is 11.3 Å². The fourth-order valence-electron chi connectivity index (χ4n) is 4.53. The van der Waals surface area contributed by atoms with E-state index >= 15 is 0 Å². The van der Waals surface area contributed by atoms with Crippen molar-refractivity contribution in [3.63, 3.8) is 0 Å². The van der Waals surface area contributed by atoms with Gasteiger partial charge in [-0.2, -0.15) is 0 Å². The largest absolute Gasteiger partial charge is 0.382 e. The van der Waals surface area contributed by atoms with Crippen LogP contribution in [0, 0.1) is 17.8 Å². The first-order chi connectivity index (χ1) is 12.7. The Labute approximate surface area is 170 Å². The highest BCUT2D eigenvalue weighted by atomic mass is 35.5. The number of nitrogens with zero attached hydrogens (tertiary/aromatic N) is 3. The van der Waals surface area contributed by atoms with Gasteiger partial charge < -0.3 is 16.4 Å². The number of anilines is 2. The van der Waals surface area contributed by atoms with E-state index in [9.17, 15) is 0 Å². The fourth-order valence-corrected chi connectivity index (χ4v) is 4.92. The van der Waals surface area contributed by atoms with Crippen molar-refractivity contribution in [3.05, 3.63) is 34.4 Å². The van der Waals surface area contributed by atoms with E-state index in [0.717, 1.165) is 18.9 Å². The minimum absolute atomic E-state index is 0.0999. The summed E-state index contributed by atoms with van der Waals surface area (Å²) in [7, 11) is 0. The maximum absolute atomic E-state index is 6.33. The van der Waals surface area contributed by atoms with Crippen molar-refractivity contribution in [2.24, 2.45) is 23.5 Å². The Hall–Kier alpha value is -1.56. The van der Waals surface area contributed by atoms with Gasteiger partial charge in [0.2, 0.25) is 0 Å². The summed E-state index contributed by atoms with van der Waals surface area (Å²) < 4.78 is 0. The van der Waals surface area contributed by atoms with E-state index in [1.54, 1.807) is 12.3 Å². The van der Waals surface area contributed by atoms with E-state index in [4.69, 9.17) is 34.7 Å². The Morgan fingerprint density at radius 2 is 1.81 bits per heavy atom. The van der Waals surface area contributed by atoms with Gasteiger partial charge in [0.1, 0.15) is 11.5 Å². The summed E-state index contributed by atoms with van der Waals surface area (Å²) >= 11 is 12.4. The highest BCUT2D eigenvalue weighted by Gasteiger charge is 2.45. The predicted molar refractivity (Wildman–Crippen MR) is 112 cm³/mol. The predicted octanol–water partition coefficient (Wildman–Crippen LogP) is 4.23. The number of hydrogen-bond acceptors (Lipinski definition) is 5. The molecule has 1 aromatic heterocycles. The molecule has 1 saturated carbocycles. The first-order valence-corrected chi connectivity index (χ1v) is 10.1. The number of rotatable bonds is 3. The molecule has 2 fully saturated rings.